The summed E-state index contributed by atoms with van der Waals surface area (Å²) >= 11 is 0. The van der Waals surface area contributed by atoms with Crippen LogP contribution < -0.4 is 0 Å². The lowest BCUT2D eigenvalue weighted by Crippen LogP contribution is -2.30. The molecule has 0 aliphatic carbocycles. The zero-order valence-corrected chi connectivity index (χ0v) is 44.4. The molecular weight excluding hydrogens is 829 g/mol. The molecule has 0 spiro atoms. The fourth-order valence-electron chi connectivity index (χ4n) is 8.24. The van der Waals surface area contributed by atoms with E-state index < -0.39 is 6.10 Å². The van der Waals surface area contributed by atoms with Crippen LogP contribution in [0, 0.1) is 0 Å². The molecule has 0 aromatic rings. The first-order valence-corrected chi connectivity index (χ1v) is 28.8. The number of unbranched alkanes of at least 4 members (excludes halogenated alkanes) is 31. The summed E-state index contributed by atoms with van der Waals surface area (Å²) in [4.78, 5) is 38.0. The van der Waals surface area contributed by atoms with Crippen LogP contribution in [-0.2, 0) is 28.6 Å². The molecule has 0 saturated heterocycles. The number of ether oxygens (including phenoxy) is 3. The fourth-order valence-corrected chi connectivity index (χ4v) is 8.24. The molecule has 0 aliphatic rings. The summed E-state index contributed by atoms with van der Waals surface area (Å²) in [5.74, 6) is -0.910. The smallest absolute Gasteiger partial charge is 0.306 e. The molecule has 0 rings (SSSR count). The normalized spacial score (nSPS) is 12.5. The van der Waals surface area contributed by atoms with E-state index in [1.54, 1.807) is 0 Å². The molecule has 6 nitrogen and oxygen atoms in total. The number of rotatable bonds is 52. The number of carbonyl (C=O) groups excluding carboxylic acids is 3. The van der Waals surface area contributed by atoms with Gasteiger partial charge in [0.05, 0.1) is 0 Å². The topological polar surface area (TPSA) is 78.9 Å². The van der Waals surface area contributed by atoms with Crippen LogP contribution >= 0.6 is 0 Å². The quantitative estimate of drug-likeness (QED) is 0.0262. The van der Waals surface area contributed by atoms with Gasteiger partial charge >= 0.3 is 17.9 Å². The molecule has 388 valence electrons. The molecule has 0 aromatic heterocycles. The Morgan fingerprint density at radius 2 is 0.582 bits per heavy atom. The Kier molecular flexibility index (Phi) is 53.3. The van der Waals surface area contributed by atoms with Crippen molar-refractivity contribution in [2.24, 2.45) is 0 Å². The van der Waals surface area contributed by atoms with Crippen molar-refractivity contribution >= 4 is 17.9 Å². The minimum absolute atomic E-state index is 0.0843. The summed E-state index contributed by atoms with van der Waals surface area (Å²) in [5, 5.41) is 0. The minimum Gasteiger partial charge on any atom is -0.462 e. The van der Waals surface area contributed by atoms with Crippen LogP contribution in [0.1, 0.15) is 290 Å². The fraction of sp³-hybridized carbons (Fsp3) is 0.787. The standard InChI is InChI=1S/C61H108O6/c1-4-7-10-13-16-19-21-23-25-27-29-30-31-33-34-36-38-40-42-45-48-51-54-60(63)66-57-58(56-65-59(62)53-50-47-44-18-15-12-9-6-3)67-61(64)55-52-49-46-43-41-39-37-35-32-28-26-24-22-20-17-14-11-8-5-2/h8,11,17,20,24,26,32,35,39,41,58H,4-7,9-10,12-16,18-19,21-23,25,27-31,33-34,36-38,40,42-57H2,1-3H3/b11-8-,20-17-,26-24-,35-32-,41-39-. The van der Waals surface area contributed by atoms with Crippen molar-refractivity contribution < 1.29 is 28.6 Å². The van der Waals surface area contributed by atoms with E-state index >= 15 is 0 Å². The maximum atomic E-state index is 12.8. The Hall–Kier alpha value is -2.89. The lowest BCUT2D eigenvalue weighted by Gasteiger charge is -2.18. The van der Waals surface area contributed by atoms with Crippen molar-refractivity contribution in [2.45, 2.75) is 297 Å². The molecule has 0 aromatic carbocycles. The summed E-state index contributed by atoms with van der Waals surface area (Å²) in [6.45, 7) is 6.50. The second-order valence-electron chi connectivity index (χ2n) is 19.2. The van der Waals surface area contributed by atoms with E-state index in [-0.39, 0.29) is 31.1 Å². The lowest BCUT2D eigenvalue weighted by atomic mass is 10.0. The number of esters is 3. The van der Waals surface area contributed by atoms with Crippen molar-refractivity contribution in [1.29, 1.82) is 0 Å². The second kappa shape index (κ2) is 55.7. The van der Waals surface area contributed by atoms with Crippen molar-refractivity contribution in [1.82, 2.24) is 0 Å². The average molecular weight is 938 g/mol. The van der Waals surface area contributed by atoms with Crippen molar-refractivity contribution in [3.8, 4) is 0 Å². The molecule has 0 saturated carbocycles. The zero-order valence-electron chi connectivity index (χ0n) is 44.4. The van der Waals surface area contributed by atoms with Gasteiger partial charge in [-0.25, -0.2) is 0 Å². The Labute approximate surface area is 415 Å². The van der Waals surface area contributed by atoms with E-state index in [0.29, 0.717) is 19.3 Å². The third-order valence-electron chi connectivity index (χ3n) is 12.5. The van der Waals surface area contributed by atoms with Crippen LogP contribution in [0.3, 0.4) is 0 Å². The van der Waals surface area contributed by atoms with Crippen LogP contribution in [-0.4, -0.2) is 37.2 Å². The van der Waals surface area contributed by atoms with E-state index in [1.165, 1.54) is 154 Å². The molecule has 0 amide bonds. The van der Waals surface area contributed by atoms with Gasteiger partial charge in [0.15, 0.2) is 6.10 Å². The van der Waals surface area contributed by atoms with Gasteiger partial charge in [0.2, 0.25) is 0 Å². The van der Waals surface area contributed by atoms with E-state index in [1.807, 2.05) is 0 Å². The maximum Gasteiger partial charge on any atom is 0.306 e. The molecular formula is C61H108O6. The van der Waals surface area contributed by atoms with Gasteiger partial charge in [0.1, 0.15) is 13.2 Å². The van der Waals surface area contributed by atoms with Gasteiger partial charge in [0, 0.05) is 19.3 Å². The maximum absolute atomic E-state index is 12.8. The third-order valence-corrected chi connectivity index (χ3v) is 12.5. The molecule has 67 heavy (non-hydrogen) atoms. The van der Waals surface area contributed by atoms with E-state index in [4.69, 9.17) is 14.2 Å². The SMILES string of the molecule is CC/C=C\C/C=C\C/C=C\C/C=C\C/C=C\CCCCCC(=O)OC(COC(=O)CCCCCCCCCC)COC(=O)CCCCCCCCCCCCCCCCCCCCCCCC. The Morgan fingerprint density at radius 1 is 0.313 bits per heavy atom. The van der Waals surface area contributed by atoms with E-state index in [0.717, 1.165) is 96.3 Å². The summed E-state index contributed by atoms with van der Waals surface area (Å²) in [6.07, 6.45) is 69.5. The molecule has 1 atom stereocenters. The van der Waals surface area contributed by atoms with Gasteiger partial charge in [-0.1, -0.05) is 268 Å². The largest absolute Gasteiger partial charge is 0.462 e. The summed E-state index contributed by atoms with van der Waals surface area (Å²) in [6, 6.07) is 0. The zero-order chi connectivity index (χ0) is 48.6. The Balaban J connectivity index is 4.25. The average Bonchev–Trinajstić information content (AvgIpc) is 3.33. The molecule has 0 bridgehead atoms. The highest BCUT2D eigenvalue weighted by Crippen LogP contribution is 2.17. The molecule has 0 radical (unpaired) electrons. The second-order valence-corrected chi connectivity index (χ2v) is 19.2. The summed E-state index contributed by atoms with van der Waals surface area (Å²) < 4.78 is 16.8. The highest BCUT2D eigenvalue weighted by atomic mass is 16.6. The van der Waals surface area contributed by atoms with Crippen LogP contribution in [0.2, 0.25) is 0 Å². The number of allylic oxidation sites excluding steroid dienone is 10. The number of hydrogen-bond donors (Lipinski definition) is 0. The predicted octanol–water partition coefficient (Wildman–Crippen LogP) is 19.2. The molecule has 0 heterocycles. The molecule has 0 fully saturated rings. The lowest BCUT2D eigenvalue weighted by molar-refractivity contribution is -0.167. The Morgan fingerprint density at radius 3 is 0.910 bits per heavy atom. The molecule has 6 heteroatoms. The number of carbonyl (C=O) groups is 3. The number of hydrogen-bond acceptors (Lipinski definition) is 6. The van der Waals surface area contributed by atoms with Gasteiger partial charge in [-0.15, -0.1) is 0 Å². The molecule has 0 aliphatic heterocycles. The van der Waals surface area contributed by atoms with Crippen LogP contribution in [0.5, 0.6) is 0 Å². The Bertz CT molecular complexity index is 1210. The van der Waals surface area contributed by atoms with Crippen LogP contribution in [0.25, 0.3) is 0 Å². The van der Waals surface area contributed by atoms with Gasteiger partial charge in [-0.3, -0.25) is 14.4 Å². The minimum atomic E-state index is -0.787. The van der Waals surface area contributed by atoms with Gasteiger partial charge in [0.25, 0.3) is 0 Å². The van der Waals surface area contributed by atoms with E-state index in [2.05, 4.69) is 81.5 Å². The van der Waals surface area contributed by atoms with Gasteiger partial charge in [-0.2, -0.15) is 0 Å². The summed E-state index contributed by atoms with van der Waals surface area (Å²) in [7, 11) is 0. The van der Waals surface area contributed by atoms with Gasteiger partial charge < -0.3 is 14.2 Å². The highest BCUT2D eigenvalue weighted by Gasteiger charge is 2.19. The first kappa shape index (κ1) is 64.1. The first-order valence-electron chi connectivity index (χ1n) is 28.8. The van der Waals surface area contributed by atoms with Crippen molar-refractivity contribution in [3.05, 3.63) is 60.8 Å². The monoisotopic (exact) mass is 937 g/mol. The van der Waals surface area contributed by atoms with E-state index in [9.17, 15) is 14.4 Å². The van der Waals surface area contributed by atoms with Crippen LogP contribution in [0.15, 0.2) is 60.8 Å². The molecule has 1 unspecified atom stereocenters. The third kappa shape index (κ3) is 53.9. The van der Waals surface area contributed by atoms with Crippen LogP contribution in [0.4, 0.5) is 0 Å². The highest BCUT2D eigenvalue weighted by molar-refractivity contribution is 5.71. The predicted molar refractivity (Wildman–Crippen MR) is 288 cm³/mol. The van der Waals surface area contributed by atoms with Crippen molar-refractivity contribution in [3.63, 3.8) is 0 Å². The van der Waals surface area contributed by atoms with Crippen molar-refractivity contribution in [2.75, 3.05) is 13.2 Å². The van der Waals surface area contributed by atoms with Gasteiger partial charge in [-0.05, 0) is 64.2 Å². The molecule has 0 N–H and O–H groups in total. The summed E-state index contributed by atoms with van der Waals surface area (Å²) in [5.41, 5.74) is 0. The first-order chi connectivity index (χ1) is 33.0.